The zero-order valence-electron chi connectivity index (χ0n) is 10.7. The van der Waals surface area contributed by atoms with Crippen molar-refractivity contribution >= 4 is 0 Å². The summed E-state index contributed by atoms with van der Waals surface area (Å²) < 4.78 is 32.0. The molecule has 0 radical (unpaired) electrons. The van der Waals surface area contributed by atoms with Crippen molar-refractivity contribution in [1.82, 2.24) is 0 Å². The molecule has 0 aromatic heterocycles. The van der Waals surface area contributed by atoms with Crippen LogP contribution in [0.15, 0.2) is 12.1 Å². The summed E-state index contributed by atoms with van der Waals surface area (Å²) in [6.07, 6.45) is 5.25. The Bertz CT molecular complexity index is 344. The molecule has 0 aliphatic heterocycles. The zero-order chi connectivity index (χ0) is 13.4. The van der Waals surface area contributed by atoms with Gasteiger partial charge in [0.1, 0.15) is 0 Å². The maximum Gasteiger partial charge on any atom is 0.190 e. The summed E-state index contributed by atoms with van der Waals surface area (Å²) in [5.41, 5.74) is 0.209. The van der Waals surface area contributed by atoms with Crippen LogP contribution in [0.3, 0.4) is 0 Å². The van der Waals surface area contributed by atoms with Crippen molar-refractivity contribution in [2.75, 3.05) is 6.61 Å². The van der Waals surface area contributed by atoms with Gasteiger partial charge in [-0.2, -0.15) is 0 Å². The Morgan fingerprint density at radius 3 is 2.22 bits per heavy atom. The predicted molar refractivity (Wildman–Crippen MR) is 66.5 cm³/mol. The van der Waals surface area contributed by atoms with E-state index in [0.717, 1.165) is 37.8 Å². The Kier molecular flexibility index (Phi) is 6.65. The average molecular weight is 258 g/mol. The van der Waals surface area contributed by atoms with Gasteiger partial charge < -0.3 is 9.84 Å². The standard InChI is InChI=1S/C14H20F2O2/c1-2-3-4-5-6-7-18-14-12(15)8-11(10-17)9-13(14)16/h8-9,17H,2-7,10H2,1H3. The number of aliphatic hydroxyl groups is 1. The van der Waals surface area contributed by atoms with E-state index in [9.17, 15) is 8.78 Å². The van der Waals surface area contributed by atoms with E-state index in [4.69, 9.17) is 9.84 Å². The number of aliphatic hydroxyl groups excluding tert-OH is 1. The molecule has 0 saturated heterocycles. The molecule has 0 fully saturated rings. The summed E-state index contributed by atoms with van der Waals surface area (Å²) in [7, 11) is 0. The lowest BCUT2D eigenvalue weighted by atomic mass is 10.2. The van der Waals surface area contributed by atoms with Gasteiger partial charge >= 0.3 is 0 Å². The third-order valence-electron chi connectivity index (χ3n) is 2.73. The van der Waals surface area contributed by atoms with E-state index in [-0.39, 0.29) is 17.9 Å². The Hall–Kier alpha value is -1.16. The number of hydrogen-bond acceptors (Lipinski definition) is 2. The number of ether oxygens (including phenoxy) is 1. The second-order valence-corrected chi connectivity index (χ2v) is 4.31. The third-order valence-corrected chi connectivity index (χ3v) is 2.73. The monoisotopic (exact) mass is 258 g/mol. The molecule has 0 bridgehead atoms. The van der Waals surface area contributed by atoms with E-state index in [2.05, 4.69) is 6.92 Å². The van der Waals surface area contributed by atoms with Crippen LogP contribution in [0.5, 0.6) is 5.75 Å². The maximum absolute atomic E-state index is 13.5. The van der Waals surface area contributed by atoms with Crippen molar-refractivity contribution in [2.45, 2.75) is 45.6 Å². The highest BCUT2D eigenvalue weighted by Crippen LogP contribution is 2.23. The van der Waals surface area contributed by atoms with Gasteiger partial charge in [0.05, 0.1) is 13.2 Å². The van der Waals surface area contributed by atoms with E-state index in [1.54, 1.807) is 0 Å². The smallest absolute Gasteiger partial charge is 0.190 e. The topological polar surface area (TPSA) is 29.5 Å². The summed E-state index contributed by atoms with van der Waals surface area (Å²) in [6, 6.07) is 2.19. The van der Waals surface area contributed by atoms with Gasteiger partial charge in [0.2, 0.25) is 0 Å². The molecule has 1 N–H and O–H groups in total. The Morgan fingerprint density at radius 1 is 1.06 bits per heavy atom. The molecule has 1 aromatic rings. The van der Waals surface area contributed by atoms with Gasteiger partial charge in [0, 0.05) is 0 Å². The number of unbranched alkanes of at least 4 members (excludes halogenated alkanes) is 4. The number of hydrogen-bond donors (Lipinski definition) is 1. The molecular weight excluding hydrogens is 238 g/mol. The van der Waals surface area contributed by atoms with Gasteiger partial charge in [-0.05, 0) is 24.1 Å². The van der Waals surface area contributed by atoms with Crippen LogP contribution in [0.2, 0.25) is 0 Å². The first kappa shape index (κ1) is 14.9. The lowest BCUT2D eigenvalue weighted by Crippen LogP contribution is -2.02. The normalized spacial score (nSPS) is 10.7. The van der Waals surface area contributed by atoms with Crippen LogP contribution in [0.1, 0.15) is 44.6 Å². The van der Waals surface area contributed by atoms with Crippen molar-refractivity contribution in [3.63, 3.8) is 0 Å². The van der Waals surface area contributed by atoms with Crippen molar-refractivity contribution in [3.05, 3.63) is 29.3 Å². The summed E-state index contributed by atoms with van der Waals surface area (Å²) in [5, 5.41) is 8.80. The van der Waals surface area contributed by atoms with Crippen molar-refractivity contribution < 1.29 is 18.6 Å². The molecule has 0 heterocycles. The van der Waals surface area contributed by atoms with Crippen molar-refractivity contribution in [1.29, 1.82) is 0 Å². The van der Waals surface area contributed by atoms with Gasteiger partial charge in [-0.3, -0.25) is 0 Å². The van der Waals surface area contributed by atoms with E-state index >= 15 is 0 Å². The highest BCUT2D eigenvalue weighted by molar-refractivity contribution is 5.31. The molecule has 102 valence electrons. The molecule has 0 aliphatic rings. The summed E-state index contributed by atoms with van der Waals surface area (Å²) in [6.45, 7) is 2.06. The van der Waals surface area contributed by atoms with Gasteiger partial charge in [-0.15, -0.1) is 0 Å². The molecule has 0 amide bonds. The van der Waals surface area contributed by atoms with Gasteiger partial charge in [0.25, 0.3) is 0 Å². The molecule has 0 spiro atoms. The summed E-state index contributed by atoms with van der Waals surface area (Å²) in [5.74, 6) is -1.86. The van der Waals surface area contributed by atoms with Crippen molar-refractivity contribution in [3.8, 4) is 5.75 Å². The molecular formula is C14H20F2O2. The van der Waals surface area contributed by atoms with E-state index in [1.807, 2.05) is 0 Å². The Balaban J connectivity index is 2.42. The zero-order valence-corrected chi connectivity index (χ0v) is 10.7. The fraction of sp³-hybridized carbons (Fsp3) is 0.571. The lowest BCUT2D eigenvalue weighted by molar-refractivity contribution is 0.267. The Labute approximate surface area is 107 Å². The van der Waals surface area contributed by atoms with Crippen LogP contribution in [-0.2, 0) is 6.61 Å². The van der Waals surface area contributed by atoms with Crippen LogP contribution in [0, 0.1) is 11.6 Å². The Morgan fingerprint density at radius 2 is 1.67 bits per heavy atom. The lowest BCUT2D eigenvalue weighted by Gasteiger charge is -2.09. The highest BCUT2D eigenvalue weighted by atomic mass is 19.1. The largest absolute Gasteiger partial charge is 0.488 e. The molecule has 0 unspecified atom stereocenters. The molecule has 0 saturated carbocycles. The number of benzene rings is 1. The van der Waals surface area contributed by atoms with Crippen LogP contribution in [-0.4, -0.2) is 11.7 Å². The predicted octanol–water partition coefficient (Wildman–Crippen LogP) is 3.81. The van der Waals surface area contributed by atoms with Crippen LogP contribution < -0.4 is 4.74 Å². The first-order chi connectivity index (χ1) is 8.69. The van der Waals surface area contributed by atoms with Crippen LogP contribution in [0.4, 0.5) is 8.78 Å². The van der Waals surface area contributed by atoms with E-state index in [1.165, 1.54) is 6.42 Å². The number of halogens is 2. The van der Waals surface area contributed by atoms with Crippen LogP contribution >= 0.6 is 0 Å². The first-order valence-corrected chi connectivity index (χ1v) is 6.40. The fourth-order valence-corrected chi connectivity index (χ4v) is 1.72. The number of rotatable bonds is 8. The summed E-state index contributed by atoms with van der Waals surface area (Å²) >= 11 is 0. The van der Waals surface area contributed by atoms with E-state index < -0.39 is 11.6 Å². The second-order valence-electron chi connectivity index (χ2n) is 4.31. The molecule has 4 heteroatoms. The SMILES string of the molecule is CCCCCCCOc1c(F)cc(CO)cc1F. The van der Waals surface area contributed by atoms with Crippen molar-refractivity contribution in [2.24, 2.45) is 0 Å². The van der Waals surface area contributed by atoms with Gasteiger partial charge in [-0.25, -0.2) is 8.78 Å². The van der Waals surface area contributed by atoms with E-state index in [0.29, 0.717) is 6.61 Å². The first-order valence-electron chi connectivity index (χ1n) is 6.40. The molecule has 18 heavy (non-hydrogen) atoms. The third kappa shape index (κ3) is 4.61. The highest BCUT2D eigenvalue weighted by Gasteiger charge is 2.12. The minimum Gasteiger partial charge on any atom is -0.488 e. The molecule has 2 nitrogen and oxygen atoms in total. The van der Waals surface area contributed by atoms with Gasteiger partial charge in [0.15, 0.2) is 17.4 Å². The second kappa shape index (κ2) is 8.03. The van der Waals surface area contributed by atoms with Crippen LogP contribution in [0.25, 0.3) is 0 Å². The molecule has 0 aliphatic carbocycles. The quantitative estimate of drug-likeness (QED) is 0.718. The average Bonchev–Trinajstić information content (AvgIpc) is 2.35. The minimum atomic E-state index is -0.757. The fourth-order valence-electron chi connectivity index (χ4n) is 1.72. The summed E-state index contributed by atoms with van der Waals surface area (Å²) in [4.78, 5) is 0. The maximum atomic E-state index is 13.5. The molecule has 1 rings (SSSR count). The molecule has 0 atom stereocenters. The molecule has 1 aromatic carbocycles. The van der Waals surface area contributed by atoms with Gasteiger partial charge in [-0.1, -0.05) is 32.6 Å². The minimum absolute atomic E-state index is 0.209.